The van der Waals surface area contributed by atoms with Gasteiger partial charge in [-0.1, -0.05) is 97.1 Å². The highest BCUT2D eigenvalue weighted by molar-refractivity contribution is 7.26. The molecule has 0 spiro atoms. The normalized spacial score (nSPS) is 11.3. The van der Waals surface area contributed by atoms with E-state index in [1.807, 2.05) is 97.1 Å². The zero-order chi connectivity index (χ0) is 46.3. The zero-order valence-corrected chi connectivity index (χ0v) is 40.5. The van der Waals surface area contributed by atoms with Crippen LogP contribution in [0.4, 0.5) is 42.9 Å². The quantitative estimate of drug-likeness (QED) is 0.122. The maximum Gasteiger partial charge on any atom is 0.170 e. The van der Waals surface area contributed by atoms with Crippen molar-refractivity contribution in [1.82, 2.24) is 8.75 Å². The Morgan fingerprint density at radius 3 is 0.855 bits per heavy atom. The molecular weight excluding hydrogens is 951 g/mol. The minimum Gasteiger partial charge on any atom is -0.311 e. The average Bonchev–Trinajstić information content (AvgIpc) is 4.28. The number of hydrogen-bond donors (Lipinski definition) is 0. The van der Waals surface area contributed by atoms with Crippen molar-refractivity contribution in [2.45, 2.75) is 0 Å². The summed E-state index contributed by atoms with van der Waals surface area (Å²) >= 11 is 7.17. The van der Waals surface area contributed by atoms with E-state index in [1.54, 1.807) is 22.7 Å². The monoisotopic (exact) mass is 986 g/mol. The molecule has 5 heterocycles. The Hall–Kier alpha value is -7.38. The van der Waals surface area contributed by atoms with Crippen molar-refractivity contribution in [3.8, 4) is 61.3 Å². The van der Waals surface area contributed by atoms with Crippen LogP contribution >= 0.6 is 57.1 Å². The van der Waals surface area contributed by atoms with Crippen LogP contribution in [0.25, 0.3) is 72.3 Å². The predicted molar refractivity (Wildman–Crippen MR) is 291 cm³/mol. The number of nitrogens with zero attached hydrogens (tertiary/aromatic N) is 4. The Kier molecular flexibility index (Phi) is 11.6. The van der Waals surface area contributed by atoms with Gasteiger partial charge in [0.25, 0.3) is 0 Å². The van der Waals surface area contributed by atoms with Gasteiger partial charge in [0.1, 0.15) is 11.0 Å². The Morgan fingerprint density at radius 2 is 0.536 bits per heavy atom. The largest absolute Gasteiger partial charge is 0.311 e. The van der Waals surface area contributed by atoms with Gasteiger partial charge in [-0.05, 0) is 132 Å². The molecule has 12 aromatic rings. The Labute approximate surface area is 417 Å². The highest BCUT2D eigenvalue weighted by atomic mass is 32.1. The molecule has 5 aromatic heterocycles. The lowest BCUT2D eigenvalue weighted by molar-refractivity contribution is 0.516. The molecule has 0 aliphatic carbocycles. The van der Waals surface area contributed by atoms with Crippen molar-refractivity contribution in [3.63, 3.8) is 0 Å². The van der Waals surface area contributed by atoms with Gasteiger partial charge in [0.2, 0.25) is 0 Å². The maximum atomic E-state index is 16.5. The molecule has 332 valence electrons. The predicted octanol–water partition coefficient (Wildman–Crippen LogP) is 19.2. The molecule has 11 heteroatoms. The molecule has 0 atom stereocenters. The fraction of sp³-hybridized carbons (Fsp3) is 0. The van der Waals surface area contributed by atoms with Crippen LogP contribution in [0.2, 0.25) is 0 Å². The summed E-state index contributed by atoms with van der Waals surface area (Å²) in [4.78, 5) is 11.9. The third kappa shape index (κ3) is 8.28. The SMILES string of the molecule is Fc1c(F)c(-c2ccc(-c3ccc(-c4ccc(N(c5ccccc5)c5ccccc5)cc4)s3)s2)c2nsnc2c1-c1ccc(-c2ccc(-c3ccc(N(c4ccccc4)c4ccccc4)cc3)s2)s1. The van der Waals surface area contributed by atoms with E-state index in [9.17, 15) is 0 Å². The van der Waals surface area contributed by atoms with E-state index in [0.29, 0.717) is 20.8 Å². The van der Waals surface area contributed by atoms with Crippen LogP contribution in [0.5, 0.6) is 0 Å². The van der Waals surface area contributed by atoms with Crippen LogP contribution in [0.1, 0.15) is 0 Å². The second kappa shape index (κ2) is 18.6. The molecule has 0 unspecified atom stereocenters. The van der Waals surface area contributed by atoms with E-state index >= 15 is 8.78 Å². The van der Waals surface area contributed by atoms with Crippen LogP contribution < -0.4 is 9.80 Å². The maximum absolute atomic E-state index is 16.5. The summed E-state index contributed by atoms with van der Waals surface area (Å²) in [6, 6.07) is 74.7. The molecule has 12 rings (SSSR count). The summed E-state index contributed by atoms with van der Waals surface area (Å²) in [6.45, 7) is 0. The first-order valence-corrected chi connectivity index (χ1v) is 26.1. The average molecular weight is 987 g/mol. The third-order valence-corrected chi connectivity index (χ3v) is 17.3. The van der Waals surface area contributed by atoms with Gasteiger partial charge < -0.3 is 9.80 Å². The molecule has 4 nitrogen and oxygen atoms in total. The smallest absolute Gasteiger partial charge is 0.170 e. The van der Waals surface area contributed by atoms with Gasteiger partial charge in [-0.15, -0.1) is 45.3 Å². The summed E-state index contributed by atoms with van der Waals surface area (Å²) in [7, 11) is 0. The van der Waals surface area contributed by atoms with E-state index in [4.69, 9.17) is 0 Å². The first-order valence-electron chi connectivity index (χ1n) is 22.1. The minimum absolute atomic E-state index is 0.145. The lowest BCUT2D eigenvalue weighted by atomic mass is 10.0. The second-order valence-corrected chi connectivity index (χ2v) is 21.0. The van der Waals surface area contributed by atoms with E-state index in [1.165, 1.54) is 22.7 Å². The number of halogens is 2. The summed E-state index contributed by atoms with van der Waals surface area (Å²) in [6.07, 6.45) is 0. The molecule has 0 radical (unpaired) electrons. The Bertz CT molecular complexity index is 3370. The fourth-order valence-corrected chi connectivity index (χ4v) is 13.5. The molecule has 7 aromatic carbocycles. The number of rotatable bonds is 12. The van der Waals surface area contributed by atoms with Crippen molar-refractivity contribution < 1.29 is 8.78 Å². The van der Waals surface area contributed by atoms with Gasteiger partial charge in [-0.25, -0.2) is 8.78 Å². The summed E-state index contributed by atoms with van der Waals surface area (Å²) < 4.78 is 42.2. The molecule has 0 N–H and O–H groups in total. The van der Waals surface area contributed by atoms with Crippen LogP contribution in [0, 0.1) is 11.6 Å². The first-order chi connectivity index (χ1) is 34.0. The molecule has 0 amide bonds. The molecule has 0 saturated heterocycles. The lowest BCUT2D eigenvalue weighted by Gasteiger charge is -2.25. The van der Waals surface area contributed by atoms with Crippen molar-refractivity contribution in [2.75, 3.05) is 9.80 Å². The van der Waals surface area contributed by atoms with E-state index in [0.717, 1.165) is 86.2 Å². The molecule has 0 saturated carbocycles. The zero-order valence-electron chi connectivity index (χ0n) is 36.4. The highest BCUT2D eigenvalue weighted by Crippen LogP contribution is 2.48. The lowest BCUT2D eigenvalue weighted by Crippen LogP contribution is -2.09. The van der Waals surface area contributed by atoms with Gasteiger partial charge >= 0.3 is 0 Å². The third-order valence-electron chi connectivity index (χ3n) is 11.9. The van der Waals surface area contributed by atoms with Gasteiger partial charge in [0.15, 0.2) is 11.6 Å². The van der Waals surface area contributed by atoms with Crippen molar-refractivity contribution in [2.24, 2.45) is 0 Å². The fourth-order valence-electron chi connectivity index (χ4n) is 8.61. The minimum atomic E-state index is -0.916. The highest BCUT2D eigenvalue weighted by Gasteiger charge is 2.27. The summed E-state index contributed by atoms with van der Waals surface area (Å²) in [5.41, 5.74) is 9.67. The first kappa shape index (κ1) is 42.9. The van der Waals surface area contributed by atoms with Gasteiger partial charge in [-0.3, -0.25) is 0 Å². The van der Waals surface area contributed by atoms with Crippen molar-refractivity contribution >= 4 is 102 Å². The van der Waals surface area contributed by atoms with Gasteiger partial charge in [0, 0.05) is 73.1 Å². The Morgan fingerprint density at radius 1 is 0.275 bits per heavy atom. The van der Waals surface area contributed by atoms with Crippen molar-refractivity contribution in [1.29, 1.82) is 0 Å². The molecule has 0 fully saturated rings. The van der Waals surface area contributed by atoms with E-state index in [2.05, 4.69) is 140 Å². The number of benzene rings is 7. The van der Waals surface area contributed by atoms with Crippen LogP contribution in [0.15, 0.2) is 218 Å². The summed E-state index contributed by atoms with van der Waals surface area (Å²) in [5.74, 6) is -1.83. The molecule has 0 bridgehead atoms. The number of para-hydroxylation sites is 4. The summed E-state index contributed by atoms with van der Waals surface area (Å²) in [5, 5.41) is 0. The molecule has 0 aliphatic rings. The van der Waals surface area contributed by atoms with Crippen LogP contribution in [-0.4, -0.2) is 8.75 Å². The Balaban J connectivity index is 0.786. The number of aromatic nitrogens is 2. The number of anilines is 6. The number of fused-ring (bicyclic) bond motifs is 1. The second-order valence-electron chi connectivity index (χ2n) is 16.1. The number of thiophene rings is 4. The molecule has 0 aliphatic heterocycles. The van der Waals surface area contributed by atoms with E-state index in [-0.39, 0.29) is 11.1 Å². The van der Waals surface area contributed by atoms with Crippen LogP contribution in [-0.2, 0) is 0 Å². The number of hydrogen-bond acceptors (Lipinski definition) is 9. The van der Waals surface area contributed by atoms with Crippen LogP contribution in [0.3, 0.4) is 0 Å². The molecular formula is C58H36F2N4S5. The standard InChI is InChI=1S/C58H36F2N4S5/c59-55-53(51-35-33-49(67-51)47-31-29-45(65-47)37-21-25-43(26-22-37)63(39-13-5-1-6-14-39)40-15-7-2-8-16-40)57-58(62-69-61-57)54(56(55)60)52-36-34-50(68-52)48-32-30-46(66-48)38-23-27-44(28-24-38)64(41-17-9-3-10-18-41)42-19-11-4-12-20-42/h1-36H. The van der Waals surface area contributed by atoms with Crippen molar-refractivity contribution in [3.05, 3.63) is 230 Å². The van der Waals surface area contributed by atoms with Gasteiger partial charge in [0.05, 0.1) is 22.9 Å². The molecule has 69 heavy (non-hydrogen) atoms. The topological polar surface area (TPSA) is 32.3 Å². The van der Waals surface area contributed by atoms with Gasteiger partial charge in [-0.2, -0.15) is 8.75 Å². The van der Waals surface area contributed by atoms with E-state index < -0.39 is 11.6 Å².